The van der Waals surface area contributed by atoms with Crippen LogP contribution in [0.4, 0.5) is 28.4 Å². The van der Waals surface area contributed by atoms with Crippen molar-refractivity contribution in [3.63, 3.8) is 0 Å². The third kappa shape index (κ3) is 5.05. The van der Waals surface area contributed by atoms with E-state index in [0.717, 1.165) is 12.8 Å². The quantitative estimate of drug-likeness (QED) is 0.164. The van der Waals surface area contributed by atoms with E-state index >= 15 is 0 Å². The van der Waals surface area contributed by atoms with Gasteiger partial charge in [-0.3, -0.25) is 0 Å². The van der Waals surface area contributed by atoms with E-state index in [9.17, 15) is 0 Å². The Hall–Kier alpha value is -5.74. The smallest absolute Gasteiger partial charge is 0.252 e. The van der Waals surface area contributed by atoms with Crippen LogP contribution in [0.5, 0.6) is 0 Å². The summed E-state index contributed by atoms with van der Waals surface area (Å²) in [5.74, 6) is 0. The van der Waals surface area contributed by atoms with Gasteiger partial charge in [-0.25, -0.2) is 0 Å². The summed E-state index contributed by atoms with van der Waals surface area (Å²) >= 11 is 0. The lowest BCUT2D eigenvalue weighted by Crippen LogP contribution is -2.60. The maximum absolute atomic E-state index is 2.69. The van der Waals surface area contributed by atoms with Gasteiger partial charge in [0, 0.05) is 61.7 Å². The molecule has 0 atom stereocenters. The number of rotatable bonds is 4. The lowest BCUT2D eigenvalue weighted by Gasteiger charge is -2.45. The van der Waals surface area contributed by atoms with Gasteiger partial charge in [0.15, 0.2) is 0 Å². The van der Waals surface area contributed by atoms with E-state index in [4.69, 9.17) is 0 Å². The van der Waals surface area contributed by atoms with E-state index in [-0.39, 0.29) is 23.0 Å². The Morgan fingerprint density at radius 3 is 2.11 bits per heavy atom. The minimum atomic E-state index is -0.116. The van der Waals surface area contributed by atoms with E-state index in [2.05, 4.69) is 191 Å². The fourth-order valence-electron chi connectivity index (χ4n) is 12.5. The first-order chi connectivity index (χ1) is 29.3. The SMILES string of the molecule is Cc1cc2c3c(c1)-n1c4c(c5cccc(c51)B3c1ccc(N(C3=CCCCC3)c3ccccc3)cc1N2c1cc2c(cc1C)C(C)(C)CCC2(C)C)C(C)(C)c1ccccc1-4. The molecule has 0 bridgehead atoms. The van der Waals surface area contributed by atoms with E-state index in [1.54, 1.807) is 0 Å². The van der Waals surface area contributed by atoms with Crippen molar-refractivity contribution in [2.24, 2.45) is 0 Å². The molecule has 0 amide bonds. The number of aryl methyl sites for hydroxylation is 2. The van der Waals surface area contributed by atoms with Crippen molar-refractivity contribution >= 4 is 62.4 Å². The molecule has 3 aliphatic carbocycles. The summed E-state index contributed by atoms with van der Waals surface area (Å²) in [5.41, 5.74) is 26.0. The molecule has 61 heavy (non-hydrogen) atoms. The van der Waals surface area contributed by atoms with E-state index in [1.165, 1.54) is 137 Å². The average Bonchev–Trinajstić information content (AvgIpc) is 3.73. The Kier molecular flexibility index (Phi) is 7.69. The van der Waals surface area contributed by atoms with Gasteiger partial charge in [-0.1, -0.05) is 120 Å². The zero-order valence-corrected chi connectivity index (χ0v) is 37.2. The standard InChI is InChI=1S/C57H56BN3/c1-35-30-49-52-50(31-35)61-53-41(51-54(61)40-22-15-16-24-42(40)57(51,7)8)23-17-25-46(53)58(52)45-27-26-39(59(37-18-11-9-12-19-37)38-20-13-10-14-21-38)33-48(45)60(49)47-34-44-43(32-36(47)2)55(3,4)28-29-56(44,5)6/h9,11-12,15-20,22-27,30-34H,10,13-14,21,28-29H2,1-8H3. The summed E-state index contributed by atoms with van der Waals surface area (Å²) in [4.78, 5) is 5.25. The van der Waals surface area contributed by atoms with E-state index < -0.39 is 0 Å². The average molecular weight is 794 g/mol. The molecule has 4 heteroatoms. The van der Waals surface area contributed by atoms with Gasteiger partial charge in [-0.05, 0) is 155 Å². The molecule has 3 heterocycles. The van der Waals surface area contributed by atoms with Crippen LogP contribution < -0.4 is 26.2 Å². The Bertz CT molecular complexity index is 3050. The predicted molar refractivity (Wildman–Crippen MR) is 260 cm³/mol. The van der Waals surface area contributed by atoms with Gasteiger partial charge < -0.3 is 14.4 Å². The number of allylic oxidation sites excluding steroid dienone is 2. The van der Waals surface area contributed by atoms with Gasteiger partial charge in [0.05, 0.1) is 5.69 Å². The molecule has 12 rings (SSSR count). The normalized spacial score (nSPS) is 18.2. The van der Waals surface area contributed by atoms with Crippen LogP contribution in [0.2, 0.25) is 0 Å². The van der Waals surface area contributed by atoms with Gasteiger partial charge in [-0.2, -0.15) is 0 Å². The second kappa shape index (κ2) is 12.7. The highest BCUT2D eigenvalue weighted by molar-refractivity contribution is 7.00. The van der Waals surface area contributed by atoms with Crippen molar-refractivity contribution in [2.45, 2.75) is 110 Å². The minimum Gasteiger partial charge on any atom is -0.314 e. The number of hydrogen-bond acceptors (Lipinski definition) is 2. The molecule has 7 aromatic rings. The monoisotopic (exact) mass is 793 g/mol. The van der Waals surface area contributed by atoms with Gasteiger partial charge in [0.2, 0.25) is 0 Å². The molecule has 5 aliphatic rings. The summed E-state index contributed by atoms with van der Waals surface area (Å²) in [5, 5.41) is 1.39. The molecule has 1 aromatic heterocycles. The number of benzene rings is 6. The van der Waals surface area contributed by atoms with Gasteiger partial charge >= 0.3 is 0 Å². The van der Waals surface area contributed by atoms with Crippen molar-refractivity contribution in [1.29, 1.82) is 0 Å². The van der Waals surface area contributed by atoms with Crippen LogP contribution in [-0.4, -0.2) is 11.3 Å². The molecule has 0 spiro atoms. The Morgan fingerprint density at radius 2 is 1.34 bits per heavy atom. The van der Waals surface area contributed by atoms with E-state index in [0.29, 0.717) is 0 Å². The van der Waals surface area contributed by atoms with Gasteiger partial charge in [0.25, 0.3) is 6.71 Å². The van der Waals surface area contributed by atoms with Crippen LogP contribution in [0.25, 0.3) is 27.8 Å². The Balaban J connectivity index is 1.19. The summed E-state index contributed by atoms with van der Waals surface area (Å²) in [7, 11) is 0. The molecule has 0 unspecified atom stereocenters. The van der Waals surface area contributed by atoms with Crippen LogP contribution in [0.1, 0.15) is 113 Å². The van der Waals surface area contributed by atoms with Crippen molar-refractivity contribution in [3.05, 3.63) is 160 Å². The molecule has 0 radical (unpaired) electrons. The highest BCUT2D eigenvalue weighted by Gasteiger charge is 2.48. The van der Waals surface area contributed by atoms with Crippen molar-refractivity contribution in [3.8, 4) is 16.9 Å². The second-order valence-corrected chi connectivity index (χ2v) is 20.8. The number of anilines is 5. The third-order valence-electron chi connectivity index (χ3n) is 15.7. The number of aromatic nitrogens is 1. The van der Waals surface area contributed by atoms with Crippen LogP contribution in [0.15, 0.2) is 127 Å². The summed E-state index contributed by atoms with van der Waals surface area (Å²) < 4.78 is 2.69. The molecule has 0 saturated carbocycles. The first-order valence-electron chi connectivity index (χ1n) is 22.9. The first kappa shape index (κ1) is 37.1. The van der Waals surface area contributed by atoms with Gasteiger partial charge in [0.1, 0.15) is 0 Å². The number of hydrogen-bond donors (Lipinski definition) is 0. The summed E-state index contributed by atoms with van der Waals surface area (Å²) in [6, 6.07) is 45.1. The lowest BCUT2D eigenvalue weighted by molar-refractivity contribution is 0.332. The fraction of sp³-hybridized carbons (Fsp3) is 0.298. The highest BCUT2D eigenvalue weighted by atomic mass is 15.2. The molecular weight excluding hydrogens is 737 g/mol. The summed E-state index contributed by atoms with van der Waals surface area (Å²) in [6.45, 7) is 19.5. The largest absolute Gasteiger partial charge is 0.314 e. The lowest BCUT2D eigenvalue weighted by atomic mass is 9.33. The second-order valence-electron chi connectivity index (χ2n) is 20.8. The van der Waals surface area contributed by atoms with E-state index in [1.807, 2.05) is 0 Å². The fourth-order valence-corrected chi connectivity index (χ4v) is 12.5. The zero-order chi connectivity index (χ0) is 41.7. The number of fused-ring (bicyclic) bond motifs is 10. The zero-order valence-electron chi connectivity index (χ0n) is 37.2. The molecule has 6 aromatic carbocycles. The van der Waals surface area contributed by atoms with Crippen molar-refractivity contribution < 1.29 is 0 Å². The third-order valence-corrected chi connectivity index (χ3v) is 15.7. The highest BCUT2D eigenvalue weighted by Crippen LogP contribution is 2.55. The molecule has 2 aliphatic heterocycles. The minimum absolute atomic E-state index is 0.0797. The molecule has 302 valence electrons. The first-order valence-corrected chi connectivity index (χ1v) is 22.9. The molecule has 0 fully saturated rings. The topological polar surface area (TPSA) is 11.4 Å². The maximum atomic E-state index is 2.69. The van der Waals surface area contributed by atoms with Crippen LogP contribution in [0.3, 0.4) is 0 Å². The van der Waals surface area contributed by atoms with Crippen LogP contribution >= 0.6 is 0 Å². The Morgan fingerprint density at radius 1 is 0.607 bits per heavy atom. The molecule has 0 N–H and O–H groups in total. The van der Waals surface area contributed by atoms with Crippen molar-refractivity contribution in [1.82, 2.24) is 4.57 Å². The Labute approximate surface area is 362 Å². The maximum Gasteiger partial charge on any atom is 0.252 e. The predicted octanol–water partition coefficient (Wildman–Crippen LogP) is 13.1. The van der Waals surface area contributed by atoms with Crippen LogP contribution in [-0.2, 0) is 16.2 Å². The molecule has 0 saturated heterocycles. The molecule has 3 nitrogen and oxygen atoms in total. The summed E-state index contributed by atoms with van der Waals surface area (Å²) in [6.07, 6.45) is 9.57. The number of para-hydroxylation sites is 2. The number of nitrogens with zero attached hydrogens (tertiary/aromatic N) is 3. The van der Waals surface area contributed by atoms with Crippen molar-refractivity contribution in [2.75, 3.05) is 9.80 Å². The van der Waals surface area contributed by atoms with Crippen LogP contribution in [0, 0.1) is 13.8 Å². The molecular formula is C57H56BN3. The van der Waals surface area contributed by atoms with Gasteiger partial charge in [-0.15, -0.1) is 0 Å².